The Morgan fingerprint density at radius 1 is 0.944 bits per heavy atom. The standard InChI is InChI=1S/C29H38N2O5/c1-2-3-4-18-34-25-11-13-26(14-12-25)36-29(33)22-8-5-21(6-9-22)7-16-28(32)35-19-17-23-20-24(30)10-15-27(23)31/h5-10,15-16,20,25-26H,2-4,11-14,17-19,30-31H2,1H3. The van der Waals surface area contributed by atoms with Crippen molar-refractivity contribution < 1.29 is 23.8 Å². The molecular weight excluding hydrogens is 456 g/mol. The van der Waals surface area contributed by atoms with E-state index in [2.05, 4.69) is 6.92 Å². The lowest BCUT2D eigenvalue weighted by Crippen LogP contribution is -2.28. The number of hydrogen-bond acceptors (Lipinski definition) is 7. The zero-order chi connectivity index (χ0) is 25.8. The molecule has 0 saturated heterocycles. The van der Waals surface area contributed by atoms with E-state index in [1.165, 1.54) is 18.9 Å². The number of ether oxygens (including phenoxy) is 3. The second-order valence-electron chi connectivity index (χ2n) is 9.21. The van der Waals surface area contributed by atoms with Gasteiger partial charge in [0.2, 0.25) is 0 Å². The molecule has 1 aliphatic carbocycles. The van der Waals surface area contributed by atoms with Crippen molar-refractivity contribution in [2.24, 2.45) is 0 Å². The van der Waals surface area contributed by atoms with Crippen molar-refractivity contribution in [2.45, 2.75) is 70.5 Å². The molecule has 36 heavy (non-hydrogen) atoms. The fraction of sp³-hybridized carbons (Fsp3) is 0.448. The largest absolute Gasteiger partial charge is 0.462 e. The molecule has 194 valence electrons. The number of nitrogen functional groups attached to an aromatic ring is 2. The summed E-state index contributed by atoms with van der Waals surface area (Å²) in [6.07, 6.45) is 10.7. The first-order chi connectivity index (χ1) is 17.4. The van der Waals surface area contributed by atoms with Crippen LogP contribution in [0.25, 0.3) is 6.08 Å². The van der Waals surface area contributed by atoms with Crippen molar-refractivity contribution in [3.05, 3.63) is 65.2 Å². The molecule has 0 heterocycles. The van der Waals surface area contributed by atoms with Gasteiger partial charge in [-0.1, -0.05) is 31.9 Å². The molecular formula is C29H38N2O5. The number of esters is 2. The van der Waals surface area contributed by atoms with Crippen LogP contribution in [0.4, 0.5) is 11.4 Å². The summed E-state index contributed by atoms with van der Waals surface area (Å²) in [7, 11) is 0. The first kappa shape index (κ1) is 27.3. The molecule has 0 aliphatic heterocycles. The quantitative estimate of drug-likeness (QED) is 0.177. The van der Waals surface area contributed by atoms with E-state index in [-0.39, 0.29) is 24.8 Å². The van der Waals surface area contributed by atoms with E-state index in [1.807, 2.05) is 0 Å². The van der Waals surface area contributed by atoms with Crippen LogP contribution >= 0.6 is 0 Å². The molecule has 3 rings (SSSR count). The molecule has 0 atom stereocenters. The molecule has 4 N–H and O–H groups in total. The van der Waals surface area contributed by atoms with E-state index in [1.54, 1.807) is 48.5 Å². The minimum absolute atomic E-state index is 0.0648. The first-order valence-electron chi connectivity index (χ1n) is 12.9. The summed E-state index contributed by atoms with van der Waals surface area (Å²) in [5.74, 6) is -0.774. The van der Waals surface area contributed by atoms with Gasteiger partial charge in [-0.2, -0.15) is 0 Å². The number of carbonyl (C=O) groups is 2. The molecule has 0 amide bonds. The minimum atomic E-state index is -0.453. The highest BCUT2D eigenvalue weighted by Crippen LogP contribution is 2.25. The number of benzene rings is 2. The number of anilines is 2. The lowest BCUT2D eigenvalue weighted by molar-refractivity contribution is -0.137. The van der Waals surface area contributed by atoms with Crippen molar-refractivity contribution in [1.29, 1.82) is 0 Å². The summed E-state index contributed by atoms with van der Waals surface area (Å²) >= 11 is 0. The molecule has 0 unspecified atom stereocenters. The molecule has 0 aromatic heterocycles. The summed E-state index contributed by atoms with van der Waals surface area (Å²) in [5, 5.41) is 0. The van der Waals surface area contributed by atoms with Crippen LogP contribution in [0.15, 0.2) is 48.5 Å². The zero-order valence-electron chi connectivity index (χ0n) is 21.1. The SMILES string of the molecule is CCCCCOC1CCC(OC(=O)c2ccc(C=CC(=O)OCCc3cc(N)ccc3N)cc2)CC1. The van der Waals surface area contributed by atoms with Crippen molar-refractivity contribution >= 4 is 29.4 Å². The van der Waals surface area contributed by atoms with Crippen LogP contribution in [-0.4, -0.2) is 37.4 Å². The number of carbonyl (C=O) groups excluding carboxylic acids is 2. The first-order valence-corrected chi connectivity index (χ1v) is 12.9. The van der Waals surface area contributed by atoms with Gasteiger partial charge in [0.1, 0.15) is 6.10 Å². The number of nitrogens with two attached hydrogens (primary N) is 2. The van der Waals surface area contributed by atoms with Crippen LogP contribution in [0, 0.1) is 0 Å². The average molecular weight is 495 g/mol. The molecule has 2 aromatic rings. The Morgan fingerprint density at radius 2 is 1.67 bits per heavy atom. The maximum Gasteiger partial charge on any atom is 0.338 e. The topological polar surface area (TPSA) is 114 Å². The molecule has 0 spiro atoms. The fourth-order valence-corrected chi connectivity index (χ4v) is 4.18. The van der Waals surface area contributed by atoms with Gasteiger partial charge in [0, 0.05) is 30.5 Å². The fourth-order valence-electron chi connectivity index (χ4n) is 4.18. The van der Waals surface area contributed by atoms with Crippen molar-refractivity contribution in [3.63, 3.8) is 0 Å². The van der Waals surface area contributed by atoms with Crippen LogP contribution in [0.1, 0.15) is 73.4 Å². The highest BCUT2D eigenvalue weighted by molar-refractivity contribution is 5.90. The molecule has 1 saturated carbocycles. The lowest BCUT2D eigenvalue weighted by atomic mass is 9.95. The number of unbranched alkanes of at least 4 members (excludes halogenated alkanes) is 2. The minimum Gasteiger partial charge on any atom is -0.462 e. The Hall–Kier alpha value is -3.32. The van der Waals surface area contributed by atoms with Gasteiger partial charge in [0.25, 0.3) is 0 Å². The number of rotatable bonds is 12. The smallest absolute Gasteiger partial charge is 0.338 e. The van der Waals surface area contributed by atoms with E-state index in [0.29, 0.717) is 23.4 Å². The third-order valence-electron chi connectivity index (χ3n) is 6.34. The molecule has 2 aromatic carbocycles. The van der Waals surface area contributed by atoms with E-state index in [0.717, 1.165) is 49.8 Å². The van der Waals surface area contributed by atoms with Crippen molar-refractivity contribution in [3.8, 4) is 0 Å². The maximum atomic E-state index is 12.5. The molecule has 0 radical (unpaired) electrons. The maximum absolute atomic E-state index is 12.5. The predicted molar refractivity (Wildman–Crippen MR) is 142 cm³/mol. The highest BCUT2D eigenvalue weighted by atomic mass is 16.5. The second kappa shape index (κ2) is 14.3. The molecule has 1 aliphatic rings. The van der Waals surface area contributed by atoms with Crippen LogP contribution in [0.3, 0.4) is 0 Å². The van der Waals surface area contributed by atoms with Crippen LogP contribution in [0.5, 0.6) is 0 Å². The van der Waals surface area contributed by atoms with Gasteiger partial charge in [0.05, 0.1) is 18.3 Å². The third-order valence-corrected chi connectivity index (χ3v) is 6.34. The van der Waals surface area contributed by atoms with Crippen molar-refractivity contribution in [2.75, 3.05) is 24.7 Å². The van der Waals surface area contributed by atoms with Crippen molar-refractivity contribution in [1.82, 2.24) is 0 Å². The monoisotopic (exact) mass is 494 g/mol. The molecule has 1 fully saturated rings. The Morgan fingerprint density at radius 3 is 2.39 bits per heavy atom. The Balaban J connectivity index is 1.37. The van der Waals surface area contributed by atoms with Gasteiger partial charge in [-0.05, 0) is 79.6 Å². The molecule has 7 nitrogen and oxygen atoms in total. The molecule has 7 heteroatoms. The third kappa shape index (κ3) is 9.04. The summed E-state index contributed by atoms with van der Waals surface area (Å²) in [6.45, 7) is 3.21. The normalized spacial score (nSPS) is 17.7. The van der Waals surface area contributed by atoms with Gasteiger partial charge in [-0.15, -0.1) is 0 Å². The van der Waals surface area contributed by atoms with Gasteiger partial charge in [-0.25, -0.2) is 9.59 Å². The Kier molecular flexibility index (Phi) is 10.8. The Labute approximate surface area is 213 Å². The number of hydrogen-bond donors (Lipinski definition) is 2. The van der Waals surface area contributed by atoms with Gasteiger partial charge in [-0.3, -0.25) is 0 Å². The second-order valence-corrected chi connectivity index (χ2v) is 9.21. The van der Waals surface area contributed by atoms with Crippen LogP contribution in [0.2, 0.25) is 0 Å². The summed E-state index contributed by atoms with van der Waals surface area (Å²) in [5.41, 5.74) is 15.0. The molecule has 0 bridgehead atoms. The summed E-state index contributed by atoms with van der Waals surface area (Å²) in [6, 6.07) is 12.2. The van der Waals surface area contributed by atoms with Gasteiger partial charge >= 0.3 is 11.9 Å². The van der Waals surface area contributed by atoms with E-state index in [4.69, 9.17) is 25.7 Å². The lowest BCUT2D eigenvalue weighted by Gasteiger charge is -2.28. The highest BCUT2D eigenvalue weighted by Gasteiger charge is 2.24. The summed E-state index contributed by atoms with van der Waals surface area (Å²) in [4.78, 5) is 24.6. The predicted octanol–water partition coefficient (Wildman–Crippen LogP) is 5.32. The van der Waals surface area contributed by atoms with Gasteiger partial charge < -0.3 is 25.7 Å². The summed E-state index contributed by atoms with van der Waals surface area (Å²) < 4.78 is 16.9. The van der Waals surface area contributed by atoms with E-state index >= 15 is 0 Å². The zero-order valence-corrected chi connectivity index (χ0v) is 21.1. The van der Waals surface area contributed by atoms with Crippen LogP contribution in [-0.2, 0) is 25.4 Å². The van der Waals surface area contributed by atoms with Crippen LogP contribution < -0.4 is 11.5 Å². The van der Waals surface area contributed by atoms with E-state index in [9.17, 15) is 9.59 Å². The van der Waals surface area contributed by atoms with Gasteiger partial charge in [0.15, 0.2) is 0 Å². The van der Waals surface area contributed by atoms with E-state index < -0.39 is 5.97 Å². The Bertz CT molecular complexity index is 1010. The average Bonchev–Trinajstić information content (AvgIpc) is 2.88.